The largest absolute Gasteiger partial charge is 0.395 e. The molecule has 2 aromatic rings. The first kappa shape index (κ1) is 16.2. The van der Waals surface area contributed by atoms with Crippen molar-refractivity contribution in [2.45, 2.75) is 6.92 Å². The van der Waals surface area contributed by atoms with Crippen LogP contribution in [0.25, 0.3) is 6.08 Å². The SMILES string of the molecule is Cc1nc(/C=C/C(=O)Nc2ccc(N(C)CCO)cc2)cs1. The van der Waals surface area contributed by atoms with Gasteiger partial charge in [-0.25, -0.2) is 4.98 Å². The number of benzene rings is 1. The van der Waals surface area contributed by atoms with E-state index >= 15 is 0 Å². The highest BCUT2D eigenvalue weighted by Crippen LogP contribution is 2.16. The number of hydrogen-bond donors (Lipinski definition) is 2. The van der Waals surface area contributed by atoms with Gasteiger partial charge in [0.15, 0.2) is 0 Å². The van der Waals surface area contributed by atoms with Gasteiger partial charge in [-0.15, -0.1) is 11.3 Å². The van der Waals surface area contributed by atoms with Crippen LogP contribution in [0.4, 0.5) is 11.4 Å². The first-order valence-electron chi connectivity index (χ1n) is 6.92. The van der Waals surface area contributed by atoms with Crippen molar-refractivity contribution in [1.82, 2.24) is 4.98 Å². The van der Waals surface area contributed by atoms with E-state index in [2.05, 4.69) is 10.3 Å². The van der Waals surface area contributed by atoms with Crippen LogP contribution >= 0.6 is 11.3 Å². The zero-order valence-electron chi connectivity index (χ0n) is 12.6. The van der Waals surface area contributed by atoms with Crippen molar-refractivity contribution in [1.29, 1.82) is 0 Å². The molecule has 1 heterocycles. The third kappa shape index (κ3) is 4.68. The summed E-state index contributed by atoms with van der Waals surface area (Å²) in [7, 11) is 1.91. The van der Waals surface area contributed by atoms with Crippen LogP contribution in [0, 0.1) is 6.92 Å². The van der Waals surface area contributed by atoms with Gasteiger partial charge < -0.3 is 15.3 Å². The Kier molecular flexibility index (Phi) is 5.68. The second-order valence-electron chi connectivity index (χ2n) is 4.81. The number of likely N-dealkylation sites (N-methyl/N-ethyl adjacent to an activating group) is 1. The smallest absolute Gasteiger partial charge is 0.248 e. The number of hydrogen-bond acceptors (Lipinski definition) is 5. The molecule has 0 radical (unpaired) electrons. The highest BCUT2D eigenvalue weighted by Gasteiger charge is 2.02. The van der Waals surface area contributed by atoms with Crippen LogP contribution < -0.4 is 10.2 Å². The van der Waals surface area contributed by atoms with Crippen molar-refractivity contribution < 1.29 is 9.90 Å². The van der Waals surface area contributed by atoms with E-state index in [1.54, 1.807) is 17.4 Å². The summed E-state index contributed by atoms with van der Waals surface area (Å²) < 4.78 is 0. The maximum atomic E-state index is 11.8. The fraction of sp³-hybridized carbons (Fsp3) is 0.250. The second-order valence-corrected chi connectivity index (χ2v) is 5.87. The van der Waals surface area contributed by atoms with Crippen LogP contribution in [0.1, 0.15) is 10.7 Å². The molecule has 6 heteroatoms. The van der Waals surface area contributed by atoms with Gasteiger partial charge in [0.2, 0.25) is 5.91 Å². The molecule has 1 amide bonds. The van der Waals surface area contributed by atoms with Crippen LogP contribution in [0.2, 0.25) is 0 Å². The van der Waals surface area contributed by atoms with Gasteiger partial charge in [0.05, 0.1) is 17.3 Å². The summed E-state index contributed by atoms with van der Waals surface area (Å²) in [5.74, 6) is -0.192. The van der Waals surface area contributed by atoms with Gasteiger partial charge in [-0.05, 0) is 37.3 Å². The van der Waals surface area contributed by atoms with Crippen LogP contribution in [0.5, 0.6) is 0 Å². The second kappa shape index (κ2) is 7.72. The molecule has 22 heavy (non-hydrogen) atoms. The lowest BCUT2D eigenvalue weighted by atomic mass is 10.2. The van der Waals surface area contributed by atoms with E-state index in [0.717, 1.165) is 22.1 Å². The van der Waals surface area contributed by atoms with Crippen molar-refractivity contribution in [3.05, 3.63) is 46.4 Å². The molecule has 0 unspecified atom stereocenters. The van der Waals surface area contributed by atoms with Gasteiger partial charge in [-0.3, -0.25) is 4.79 Å². The molecule has 1 aromatic heterocycles. The predicted molar refractivity (Wildman–Crippen MR) is 91.3 cm³/mol. The lowest BCUT2D eigenvalue weighted by Gasteiger charge is -2.18. The lowest BCUT2D eigenvalue weighted by molar-refractivity contribution is -0.111. The number of carbonyl (C=O) groups is 1. The zero-order valence-corrected chi connectivity index (χ0v) is 13.4. The van der Waals surface area contributed by atoms with Crippen molar-refractivity contribution in [2.24, 2.45) is 0 Å². The van der Waals surface area contributed by atoms with Crippen molar-refractivity contribution in [3.8, 4) is 0 Å². The average Bonchev–Trinajstić information content (AvgIpc) is 2.92. The third-order valence-electron chi connectivity index (χ3n) is 3.05. The van der Waals surface area contributed by atoms with Gasteiger partial charge in [0, 0.05) is 36.4 Å². The number of aromatic nitrogens is 1. The fourth-order valence-electron chi connectivity index (χ4n) is 1.88. The quantitative estimate of drug-likeness (QED) is 0.804. The first-order valence-corrected chi connectivity index (χ1v) is 7.79. The summed E-state index contributed by atoms with van der Waals surface area (Å²) in [5, 5.41) is 14.6. The minimum absolute atomic E-state index is 0.107. The molecule has 2 rings (SSSR count). The van der Waals surface area contributed by atoms with Crippen LogP contribution in [0.3, 0.4) is 0 Å². The fourth-order valence-corrected chi connectivity index (χ4v) is 2.46. The highest BCUT2D eigenvalue weighted by molar-refractivity contribution is 7.09. The number of aliphatic hydroxyl groups excluding tert-OH is 1. The molecule has 2 N–H and O–H groups in total. The number of carbonyl (C=O) groups excluding carboxylic acids is 1. The maximum Gasteiger partial charge on any atom is 0.248 e. The van der Waals surface area contributed by atoms with E-state index in [4.69, 9.17) is 5.11 Å². The van der Waals surface area contributed by atoms with Gasteiger partial charge >= 0.3 is 0 Å². The third-order valence-corrected chi connectivity index (χ3v) is 3.85. The van der Waals surface area contributed by atoms with E-state index in [1.807, 2.05) is 48.5 Å². The van der Waals surface area contributed by atoms with E-state index in [1.165, 1.54) is 6.08 Å². The van der Waals surface area contributed by atoms with Crippen LogP contribution in [-0.4, -0.2) is 36.2 Å². The standard InChI is InChI=1S/C16H19N3O2S/c1-12-17-14(11-22-12)5-8-16(21)18-13-3-6-15(7-4-13)19(2)9-10-20/h3-8,11,20H,9-10H2,1-2H3,(H,18,21)/b8-5+. The maximum absolute atomic E-state index is 11.8. The monoisotopic (exact) mass is 317 g/mol. The molecule has 0 spiro atoms. The number of aliphatic hydroxyl groups is 1. The molecule has 116 valence electrons. The Bertz CT molecular complexity index is 650. The Morgan fingerprint density at radius 1 is 1.41 bits per heavy atom. The first-order chi connectivity index (χ1) is 10.6. The normalized spacial score (nSPS) is 10.9. The van der Waals surface area contributed by atoms with Gasteiger partial charge in [-0.2, -0.15) is 0 Å². The minimum atomic E-state index is -0.192. The number of thiazole rings is 1. The molecule has 0 aliphatic rings. The average molecular weight is 317 g/mol. The minimum Gasteiger partial charge on any atom is -0.395 e. The molecule has 0 aliphatic heterocycles. The van der Waals surface area contributed by atoms with E-state index < -0.39 is 0 Å². The predicted octanol–water partition coefficient (Wildman–Crippen LogP) is 2.53. The van der Waals surface area contributed by atoms with E-state index in [0.29, 0.717) is 6.54 Å². The van der Waals surface area contributed by atoms with Gasteiger partial charge in [0.1, 0.15) is 0 Å². The number of aryl methyl sites for hydroxylation is 1. The molecule has 0 atom stereocenters. The Labute approximate surface area is 133 Å². The summed E-state index contributed by atoms with van der Waals surface area (Å²) in [6, 6.07) is 7.47. The number of amides is 1. The Morgan fingerprint density at radius 2 is 2.14 bits per heavy atom. The van der Waals surface area contributed by atoms with Crippen molar-refractivity contribution in [3.63, 3.8) is 0 Å². The summed E-state index contributed by atoms with van der Waals surface area (Å²) >= 11 is 1.55. The van der Waals surface area contributed by atoms with Gasteiger partial charge in [0.25, 0.3) is 0 Å². The molecular formula is C16H19N3O2S. The molecule has 0 bridgehead atoms. The number of nitrogens with zero attached hydrogens (tertiary/aromatic N) is 2. The highest BCUT2D eigenvalue weighted by atomic mass is 32.1. The van der Waals surface area contributed by atoms with Crippen molar-refractivity contribution in [2.75, 3.05) is 30.4 Å². The topological polar surface area (TPSA) is 65.5 Å². The summed E-state index contributed by atoms with van der Waals surface area (Å²) in [6.45, 7) is 2.61. The van der Waals surface area contributed by atoms with Gasteiger partial charge in [-0.1, -0.05) is 0 Å². The Balaban J connectivity index is 1.92. The van der Waals surface area contributed by atoms with Crippen LogP contribution in [0.15, 0.2) is 35.7 Å². The molecule has 1 aromatic carbocycles. The van der Waals surface area contributed by atoms with Crippen LogP contribution in [-0.2, 0) is 4.79 Å². The van der Waals surface area contributed by atoms with E-state index in [9.17, 15) is 4.79 Å². The number of rotatable bonds is 6. The summed E-state index contributed by atoms with van der Waals surface area (Å²) in [6.07, 6.45) is 3.17. The molecule has 0 aliphatic carbocycles. The van der Waals surface area contributed by atoms with E-state index in [-0.39, 0.29) is 12.5 Å². The Morgan fingerprint density at radius 3 is 2.73 bits per heavy atom. The lowest BCUT2D eigenvalue weighted by Crippen LogP contribution is -2.20. The molecule has 0 saturated carbocycles. The zero-order chi connectivity index (χ0) is 15.9. The Hall–Kier alpha value is -2.18. The summed E-state index contributed by atoms with van der Waals surface area (Å²) in [4.78, 5) is 18.1. The molecule has 0 fully saturated rings. The van der Waals surface area contributed by atoms with Crippen molar-refractivity contribution >= 4 is 34.7 Å². The number of anilines is 2. The molecule has 5 nitrogen and oxygen atoms in total. The molecular weight excluding hydrogens is 298 g/mol. The summed E-state index contributed by atoms with van der Waals surface area (Å²) in [5.41, 5.74) is 2.50. The molecule has 0 saturated heterocycles. The number of nitrogens with one attached hydrogen (secondary N) is 1.